The Bertz CT molecular complexity index is 295. The van der Waals surface area contributed by atoms with Gasteiger partial charge in [-0.25, -0.2) is 0 Å². The first-order chi connectivity index (χ1) is 7.90. The summed E-state index contributed by atoms with van der Waals surface area (Å²) >= 11 is 0. The van der Waals surface area contributed by atoms with Crippen molar-refractivity contribution < 1.29 is 0 Å². The van der Waals surface area contributed by atoms with Crippen LogP contribution in [0.3, 0.4) is 0 Å². The van der Waals surface area contributed by atoms with E-state index < -0.39 is 0 Å². The molecule has 1 aromatic rings. The number of rotatable bonds is 4. The molecule has 2 heteroatoms. The van der Waals surface area contributed by atoms with Crippen molar-refractivity contribution >= 4 is 0 Å². The number of hydrogen-bond acceptors (Lipinski definition) is 2. The number of likely N-dealkylation sites (N-methyl/N-ethyl adjacent to an activating group) is 1. The SMILES string of the molecule is CNC[C@@H]1CCCCN1Cc1ccccc1. The molecule has 0 saturated carbocycles. The van der Waals surface area contributed by atoms with Gasteiger partial charge in [0.1, 0.15) is 0 Å². The summed E-state index contributed by atoms with van der Waals surface area (Å²) in [5.41, 5.74) is 1.44. The van der Waals surface area contributed by atoms with E-state index in [1.165, 1.54) is 31.4 Å². The highest BCUT2D eigenvalue weighted by Gasteiger charge is 2.21. The van der Waals surface area contributed by atoms with Crippen LogP contribution >= 0.6 is 0 Å². The fourth-order valence-electron chi connectivity index (χ4n) is 2.55. The third-order valence-corrected chi connectivity index (χ3v) is 3.42. The molecule has 0 aromatic heterocycles. The van der Waals surface area contributed by atoms with Crippen molar-refractivity contribution in [3.63, 3.8) is 0 Å². The molecule has 1 heterocycles. The maximum absolute atomic E-state index is 3.31. The van der Waals surface area contributed by atoms with Crippen molar-refractivity contribution in [1.29, 1.82) is 0 Å². The van der Waals surface area contributed by atoms with Crippen LogP contribution in [0.4, 0.5) is 0 Å². The summed E-state index contributed by atoms with van der Waals surface area (Å²) < 4.78 is 0. The number of nitrogens with zero attached hydrogens (tertiary/aromatic N) is 1. The zero-order chi connectivity index (χ0) is 11.2. The van der Waals surface area contributed by atoms with Gasteiger partial charge in [-0.1, -0.05) is 36.8 Å². The van der Waals surface area contributed by atoms with E-state index in [1.54, 1.807) is 0 Å². The Labute approximate surface area is 98.7 Å². The molecule has 1 atom stereocenters. The highest BCUT2D eigenvalue weighted by atomic mass is 15.2. The predicted molar refractivity (Wildman–Crippen MR) is 68.4 cm³/mol. The molecule has 2 rings (SSSR count). The molecule has 1 aliphatic heterocycles. The van der Waals surface area contributed by atoms with Crippen molar-refractivity contribution in [3.8, 4) is 0 Å². The van der Waals surface area contributed by atoms with Gasteiger partial charge in [0.2, 0.25) is 0 Å². The van der Waals surface area contributed by atoms with Gasteiger partial charge in [0.05, 0.1) is 0 Å². The van der Waals surface area contributed by atoms with Crippen LogP contribution in [-0.4, -0.2) is 31.1 Å². The van der Waals surface area contributed by atoms with Crippen molar-refractivity contribution in [2.75, 3.05) is 20.1 Å². The molecule has 1 fully saturated rings. The Hall–Kier alpha value is -0.860. The molecule has 0 unspecified atom stereocenters. The van der Waals surface area contributed by atoms with Crippen molar-refractivity contribution in [1.82, 2.24) is 10.2 Å². The third kappa shape index (κ3) is 3.06. The van der Waals surface area contributed by atoms with Crippen molar-refractivity contribution in [3.05, 3.63) is 35.9 Å². The van der Waals surface area contributed by atoms with Gasteiger partial charge in [-0.05, 0) is 32.0 Å². The van der Waals surface area contributed by atoms with Gasteiger partial charge in [-0.2, -0.15) is 0 Å². The number of likely N-dealkylation sites (tertiary alicyclic amines) is 1. The lowest BCUT2D eigenvalue weighted by atomic mass is 10.0. The lowest BCUT2D eigenvalue weighted by Gasteiger charge is -2.35. The van der Waals surface area contributed by atoms with E-state index in [-0.39, 0.29) is 0 Å². The summed E-state index contributed by atoms with van der Waals surface area (Å²) in [7, 11) is 2.05. The highest BCUT2D eigenvalue weighted by molar-refractivity contribution is 5.14. The van der Waals surface area contributed by atoms with Crippen LogP contribution < -0.4 is 5.32 Å². The second-order valence-electron chi connectivity index (χ2n) is 4.66. The number of nitrogens with one attached hydrogen (secondary N) is 1. The van der Waals surface area contributed by atoms with Crippen LogP contribution in [0.5, 0.6) is 0 Å². The van der Waals surface area contributed by atoms with Crippen LogP contribution in [-0.2, 0) is 6.54 Å². The first-order valence-corrected chi connectivity index (χ1v) is 6.32. The first kappa shape index (κ1) is 11.6. The number of benzene rings is 1. The van der Waals surface area contributed by atoms with E-state index in [0.29, 0.717) is 0 Å². The highest BCUT2D eigenvalue weighted by Crippen LogP contribution is 2.18. The molecule has 0 aliphatic carbocycles. The molecule has 88 valence electrons. The molecule has 0 bridgehead atoms. The minimum atomic E-state index is 0.721. The lowest BCUT2D eigenvalue weighted by molar-refractivity contribution is 0.139. The molecule has 1 N–H and O–H groups in total. The molecule has 0 spiro atoms. The van der Waals surface area contributed by atoms with Gasteiger partial charge < -0.3 is 5.32 Å². The fraction of sp³-hybridized carbons (Fsp3) is 0.571. The topological polar surface area (TPSA) is 15.3 Å². The van der Waals surface area contributed by atoms with E-state index >= 15 is 0 Å². The quantitative estimate of drug-likeness (QED) is 0.834. The fourth-order valence-corrected chi connectivity index (χ4v) is 2.55. The van der Waals surface area contributed by atoms with Gasteiger partial charge >= 0.3 is 0 Å². The average molecular weight is 218 g/mol. The standard InChI is InChI=1S/C14H22N2/c1-15-11-14-9-5-6-10-16(14)12-13-7-3-2-4-8-13/h2-4,7-8,14-15H,5-6,9-12H2,1H3/t14-/m0/s1. The van der Waals surface area contributed by atoms with E-state index in [4.69, 9.17) is 0 Å². The summed E-state index contributed by atoms with van der Waals surface area (Å²) in [6.07, 6.45) is 4.08. The van der Waals surface area contributed by atoms with Crippen LogP contribution in [0.15, 0.2) is 30.3 Å². The summed E-state index contributed by atoms with van der Waals surface area (Å²) in [5.74, 6) is 0. The lowest BCUT2D eigenvalue weighted by Crippen LogP contribution is -2.44. The predicted octanol–water partition coefficient (Wildman–Crippen LogP) is 2.26. The second-order valence-corrected chi connectivity index (χ2v) is 4.66. The van der Waals surface area contributed by atoms with Crippen LogP contribution in [0.25, 0.3) is 0 Å². The first-order valence-electron chi connectivity index (χ1n) is 6.32. The largest absolute Gasteiger partial charge is 0.318 e. The van der Waals surface area contributed by atoms with Crippen LogP contribution in [0, 0.1) is 0 Å². The minimum absolute atomic E-state index is 0.721. The van der Waals surface area contributed by atoms with Crippen molar-refractivity contribution in [2.45, 2.75) is 31.8 Å². The van der Waals surface area contributed by atoms with Gasteiger partial charge in [-0.15, -0.1) is 0 Å². The van der Waals surface area contributed by atoms with Crippen LogP contribution in [0.2, 0.25) is 0 Å². The smallest absolute Gasteiger partial charge is 0.0237 e. The van der Waals surface area contributed by atoms with Gasteiger partial charge in [0.15, 0.2) is 0 Å². The normalized spacial score (nSPS) is 22.2. The Morgan fingerprint density at radius 1 is 1.25 bits per heavy atom. The van der Waals surface area contributed by atoms with E-state index in [1.807, 2.05) is 0 Å². The molecule has 2 nitrogen and oxygen atoms in total. The maximum Gasteiger partial charge on any atom is 0.0237 e. The zero-order valence-electron chi connectivity index (χ0n) is 10.2. The van der Waals surface area contributed by atoms with Gasteiger partial charge in [-0.3, -0.25) is 4.90 Å². The van der Waals surface area contributed by atoms with E-state index in [0.717, 1.165) is 19.1 Å². The molecular formula is C14H22N2. The van der Waals surface area contributed by atoms with Crippen LogP contribution in [0.1, 0.15) is 24.8 Å². The molecule has 1 saturated heterocycles. The maximum atomic E-state index is 3.31. The third-order valence-electron chi connectivity index (χ3n) is 3.42. The average Bonchev–Trinajstić information content (AvgIpc) is 2.33. The molecule has 1 aromatic carbocycles. The summed E-state index contributed by atoms with van der Waals surface area (Å²) in [6, 6.07) is 11.5. The van der Waals surface area contributed by atoms with E-state index in [2.05, 4.69) is 47.6 Å². The Morgan fingerprint density at radius 3 is 2.81 bits per heavy atom. The Kier molecular flexibility index (Phi) is 4.37. The summed E-state index contributed by atoms with van der Waals surface area (Å²) in [6.45, 7) is 3.47. The second kappa shape index (κ2) is 6.02. The number of piperidine rings is 1. The minimum Gasteiger partial charge on any atom is -0.318 e. The monoisotopic (exact) mass is 218 g/mol. The van der Waals surface area contributed by atoms with E-state index in [9.17, 15) is 0 Å². The van der Waals surface area contributed by atoms with Gasteiger partial charge in [0.25, 0.3) is 0 Å². The number of hydrogen-bond donors (Lipinski definition) is 1. The molecule has 16 heavy (non-hydrogen) atoms. The van der Waals surface area contributed by atoms with Gasteiger partial charge in [0, 0.05) is 19.1 Å². The Balaban J connectivity index is 1.96. The molecule has 0 amide bonds. The summed E-state index contributed by atoms with van der Waals surface area (Å²) in [4.78, 5) is 2.62. The molecule has 1 aliphatic rings. The Morgan fingerprint density at radius 2 is 2.06 bits per heavy atom. The zero-order valence-corrected chi connectivity index (χ0v) is 10.2. The summed E-state index contributed by atoms with van der Waals surface area (Å²) in [5, 5.41) is 3.31. The molecule has 0 radical (unpaired) electrons. The van der Waals surface area contributed by atoms with Crippen molar-refractivity contribution in [2.24, 2.45) is 0 Å². The molecular weight excluding hydrogens is 196 g/mol.